The minimum absolute atomic E-state index is 0.244. The van der Waals surface area contributed by atoms with Crippen molar-refractivity contribution in [2.75, 3.05) is 0 Å². The molecule has 0 radical (unpaired) electrons. The van der Waals surface area contributed by atoms with Gasteiger partial charge < -0.3 is 5.73 Å². The van der Waals surface area contributed by atoms with Gasteiger partial charge in [-0.25, -0.2) is 4.39 Å². The van der Waals surface area contributed by atoms with Crippen LogP contribution in [0.5, 0.6) is 0 Å². The van der Waals surface area contributed by atoms with Crippen LogP contribution in [0.25, 0.3) is 0 Å². The number of rotatable bonds is 4. The summed E-state index contributed by atoms with van der Waals surface area (Å²) in [5, 5.41) is 4.27. The van der Waals surface area contributed by atoms with Gasteiger partial charge in [0, 0.05) is 12.1 Å². The van der Waals surface area contributed by atoms with Crippen LogP contribution in [0.3, 0.4) is 0 Å². The predicted molar refractivity (Wildman–Crippen MR) is 77.4 cm³/mol. The van der Waals surface area contributed by atoms with E-state index in [1.54, 1.807) is 25.3 Å². The average Bonchev–Trinajstić information content (AvgIpc) is 2.74. The molecule has 102 valence electrons. The van der Waals surface area contributed by atoms with E-state index in [1.807, 2.05) is 10.7 Å². The summed E-state index contributed by atoms with van der Waals surface area (Å²) in [4.78, 5) is 0. The molecule has 5 heteroatoms. The van der Waals surface area contributed by atoms with Crippen molar-refractivity contribution < 1.29 is 4.39 Å². The van der Waals surface area contributed by atoms with Crippen LogP contribution in [0.15, 0.2) is 28.9 Å². The van der Waals surface area contributed by atoms with Gasteiger partial charge >= 0.3 is 0 Å². The van der Waals surface area contributed by atoms with E-state index in [9.17, 15) is 4.39 Å². The van der Waals surface area contributed by atoms with Gasteiger partial charge in [-0.2, -0.15) is 5.10 Å². The zero-order valence-electron chi connectivity index (χ0n) is 11.0. The van der Waals surface area contributed by atoms with Crippen molar-refractivity contribution in [1.29, 1.82) is 0 Å². The van der Waals surface area contributed by atoms with Crippen LogP contribution < -0.4 is 5.73 Å². The van der Waals surface area contributed by atoms with Crippen LogP contribution in [-0.2, 0) is 6.54 Å². The van der Waals surface area contributed by atoms with E-state index >= 15 is 0 Å². The summed E-state index contributed by atoms with van der Waals surface area (Å²) >= 11 is 3.44. The van der Waals surface area contributed by atoms with E-state index < -0.39 is 6.04 Å². The maximum absolute atomic E-state index is 14.2. The number of halogens is 2. The van der Waals surface area contributed by atoms with Gasteiger partial charge in [-0.05, 0) is 34.8 Å². The highest BCUT2D eigenvalue weighted by molar-refractivity contribution is 9.10. The Morgan fingerprint density at radius 2 is 2.21 bits per heavy atom. The number of nitrogens with two attached hydrogens (primary N) is 1. The third kappa shape index (κ3) is 2.72. The lowest BCUT2D eigenvalue weighted by Crippen LogP contribution is -2.19. The number of hydrogen-bond donors (Lipinski definition) is 1. The molecule has 1 unspecified atom stereocenters. The topological polar surface area (TPSA) is 43.8 Å². The second-order valence-corrected chi connectivity index (χ2v) is 5.41. The van der Waals surface area contributed by atoms with Gasteiger partial charge in [-0.3, -0.25) is 4.68 Å². The highest BCUT2D eigenvalue weighted by Crippen LogP contribution is 2.29. The third-order valence-corrected chi connectivity index (χ3v) is 3.73. The zero-order chi connectivity index (χ0) is 14.0. The molecule has 0 amide bonds. The normalized spacial score (nSPS) is 12.7. The maximum atomic E-state index is 14.2. The number of aromatic nitrogens is 2. The fourth-order valence-corrected chi connectivity index (χ4v) is 2.67. The molecular formula is C14H17BrFN3. The van der Waals surface area contributed by atoms with E-state index in [4.69, 9.17) is 5.73 Å². The van der Waals surface area contributed by atoms with Gasteiger partial charge in [0.15, 0.2) is 0 Å². The summed E-state index contributed by atoms with van der Waals surface area (Å²) in [6.07, 6.45) is 2.66. The number of nitrogens with zero attached hydrogens (tertiary/aromatic N) is 2. The van der Waals surface area contributed by atoms with Crippen LogP contribution in [0.2, 0.25) is 0 Å². The fourth-order valence-electron chi connectivity index (χ4n) is 2.13. The van der Waals surface area contributed by atoms with Crippen LogP contribution in [0, 0.1) is 12.7 Å². The second-order valence-electron chi connectivity index (χ2n) is 4.56. The number of hydrogen-bond acceptors (Lipinski definition) is 2. The number of aryl methyl sites for hydroxylation is 2. The first-order chi connectivity index (χ1) is 9.06. The van der Waals surface area contributed by atoms with Crippen molar-refractivity contribution in [1.82, 2.24) is 9.78 Å². The van der Waals surface area contributed by atoms with E-state index in [0.717, 1.165) is 23.1 Å². The Balaban J connectivity index is 2.46. The lowest BCUT2D eigenvalue weighted by Gasteiger charge is -2.16. The highest BCUT2D eigenvalue weighted by atomic mass is 79.9. The van der Waals surface area contributed by atoms with Crippen molar-refractivity contribution in [3.8, 4) is 0 Å². The first-order valence-electron chi connectivity index (χ1n) is 6.28. The molecule has 2 N–H and O–H groups in total. The van der Waals surface area contributed by atoms with Crippen LogP contribution >= 0.6 is 15.9 Å². The molecular weight excluding hydrogens is 309 g/mol. The van der Waals surface area contributed by atoms with Gasteiger partial charge in [0.2, 0.25) is 0 Å². The summed E-state index contributed by atoms with van der Waals surface area (Å²) in [6, 6.07) is 4.76. The molecule has 19 heavy (non-hydrogen) atoms. The highest BCUT2D eigenvalue weighted by Gasteiger charge is 2.21. The standard InChI is InChI=1S/C14H17BrFN3/c1-3-7-19-14(11(15)8-18-19)13(17)10-6-4-5-9(2)12(10)16/h4-6,8,13H,3,7,17H2,1-2H3. The van der Waals surface area contributed by atoms with E-state index in [1.165, 1.54) is 0 Å². The largest absolute Gasteiger partial charge is 0.319 e. The average molecular weight is 326 g/mol. The van der Waals surface area contributed by atoms with Gasteiger partial charge in [-0.1, -0.05) is 25.1 Å². The fraction of sp³-hybridized carbons (Fsp3) is 0.357. The molecule has 0 aliphatic rings. The van der Waals surface area contributed by atoms with Crippen molar-refractivity contribution >= 4 is 15.9 Å². The molecule has 0 aliphatic heterocycles. The summed E-state index contributed by atoms with van der Waals surface area (Å²) in [5.74, 6) is -0.244. The first-order valence-corrected chi connectivity index (χ1v) is 7.07. The first kappa shape index (κ1) is 14.2. The summed E-state index contributed by atoms with van der Waals surface area (Å²) in [6.45, 7) is 4.57. The molecule has 1 heterocycles. The second kappa shape index (κ2) is 5.84. The van der Waals surface area contributed by atoms with Crippen molar-refractivity contribution in [3.05, 3.63) is 51.5 Å². The lowest BCUT2D eigenvalue weighted by atomic mass is 10.0. The smallest absolute Gasteiger partial charge is 0.131 e. The third-order valence-electron chi connectivity index (χ3n) is 3.12. The molecule has 1 aromatic heterocycles. The molecule has 2 rings (SSSR count). The van der Waals surface area contributed by atoms with Gasteiger partial charge in [0.05, 0.1) is 22.4 Å². The molecule has 0 aliphatic carbocycles. The monoisotopic (exact) mass is 325 g/mol. The van der Waals surface area contributed by atoms with Crippen molar-refractivity contribution in [3.63, 3.8) is 0 Å². The van der Waals surface area contributed by atoms with Crippen LogP contribution in [0.1, 0.15) is 36.2 Å². The Kier molecular flexibility index (Phi) is 4.37. The molecule has 0 fully saturated rings. The van der Waals surface area contributed by atoms with Gasteiger partial charge in [-0.15, -0.1) is 0 Å². The minimum atomic E-state index is -0.525. The predicted octanol–water partition coefficient (Wildman–Crippen LogP) is 3.55. The van der Waals surface area contributed by atoms with Crippen molar-refractivity contribution in [2.45, 2.75) is 32.9 Å². The maximum Gasteiger partial charge on any atom is 0.131 e. The Bertz CT molecular complexity index is 580. The number of benzene rings is 1. The SMILES string of the molecule is CCCn1ncc(Br)c1C(N)c1cccc(C)c1F. The van der Waals surface area contributed by atoms with Crippen LogP contribution in [0.4, 0.5) is 4.39 Å². The quantitative estimate of drug-likeness (QED) is 0.934. The molecule has 0 spiro atoms. The Hall–Kier alpha value is -1.20. The van der Waals surface area contributed by atoms with E-state index in [0.29, 0.717) is 11.1 Å². The molecule has 1 aromatic carbocycles. The molecule has 0 saturated carbocycles. The lowest BCUT2D eigenvalue weighted by molar-refractivity contribution is 0.542. The van der Waals surface area contributed by atoms with E-state index in [2.05, 4.69) is 28.0 Å². The molecule has 3 nitrogen and oxygen atoms in total. The summed E-state index contributed by atoms with van der Waals surface area (Å²) in [7, 11) is 0. The Labute approximate surface area is 120 Å². The molecule has 0 bridgehead atoms. The van der Waals surface area contributed by atoms with Gasteiger partial charge in [0.25, 0.3) is 0 Å². The zero-order valence-corrected chi connectivity index (χ0v) is 12.6. The Morgan fingerprint density at radius 1 is 1.47 bits per heavy atom. The molecule has 2 aromatic rings. The minimum Gasteiger partial charge on any atom is -0.319 e. The summed E-state index contributed by atoms with van der Waals surface area (Å²) in [5.41, 5.74) is 8.14. The molecule has 0 saturated heterocycles. The van der Waals surface area contributed by atoms with Crippen molar-refractivity contribution in [2.24, 2.45) is 5.73 Å². The van der Waals surface area contributed by atoms with Gasteiger partial charge in [0.1, 0.15) is 5.82 Å². The van der Waals surface area contributed by atoms with E-state index in [-0.39, 0.29) is 5.82 Å². The van der Waals surface area contributed by atoms with Crippen LogP contribution in [-0.4, -0.2) is 9.78 Å². The Morgan fingerprint density at radius 3 is 2.89 bits per heavy atom. The summed E-state index contributed by atoms with van der Waals surface area (Å²) < 4.78 is 16.8. The molecule has 1 atom stereocenters.